The summed E-state index contributed by atoms with van der Waals surface area (Å²) in [6, 6.07) is 1.18. The summed E-state index contributed by atoms with van der Waals surface area (Å²) in [6.07, 6.45) is 3.07. The highest BCUT2D eigenvalue weighted by Crippen LogP contribution is 2.36. The van der Waals surface area contributed by atoms with Crippen LogP contribution in [0.5, 0.6) is 17.4 Å². The standard InChI is InChI=1S/C16H14INO4S/c1-4-10-11(5-8(2)17)13(19)6-12(15(10)20)16(21)22-14-7-23-9(3)18-14/h4-7,19-20H,1H2,2-3H3/b8-5-. The van der Waals surface area contributed by atoms with Crippen LogP contribution >= 0.6 is 33.9 Å². The van der Waals surface area contributed by atoms with Gasteiger partial charge in [0.25, 0.3) is 0 Å². The van der Waals surface area contributed by atoms with Gasteiger partial charge in [0.05, 0.1) is 10.4 Å². The fraction of sp³-hybridized carbons (Fsp3) is 0.125. The Bertz CT molecular complexity index is 807. The van der Waals surface area contributed by atoms with E-state index >= 15 is 0 Å². The highest BCUT2D eigenvalue weighted by atomic mass is 127. The van der Waals surface area contributed by atoms with Crippen LogP contribution in [-0.2, 0) is 0 Å². The first-order chi connectivity index (χ1) is 10.8. The van der Waals surface area contributed by atoms with Crippen LogP contribution in [0.1, 0.15) is 33.4 Å². The van der Waals surface area contributed by atoms with E-state index in [4.69, 9.17) is 4.74 Å². The largest absolute Gasteiger partial charge is 0.507 e. The normalized spacial score (nSPS) is 11.3. The number of hydrogen-bond acceptors (Lipinski definition) is 6. The Morgan fingerprint density at radius 3 is 2.65 bits per heavy atom. The van der Waals surface area contributed by atoms with Crippen LogP contribution in [0.2, 0.25) is 0 Å². The molecule has 0 unspecified atom stereocenters. The first-order valence-corrected chi connectivity index (χ1v) is 8.48. The van der Waals surface area contributed by atoms with Crippen molar-refractivity contribution >= 4 is 52.0 Å². The van der Waals surface area contributed by atoms with Gasteiger partial charge in [0, 0.05) is 11.1 Å². The van der Waals surface area contributed by atoms with Crippen molar-refractivity contribution in [3.8, 4) is 17.4 Å². The number of carbonyl (C=O) groups excluding carboxylic acids is 1. The zero-order chi connectivity index (χ0) is 17.1. The van der Waals surface area contributed by atoms with Gasteiger partial charge in [0.15, 0.2) is 0 Å². The average molecular weight is 443 g/mol. The zero-order valence-corrected chi connectivity index (χ0v) is 15.4. The van der Waals surface area contributed by atoms with Gasteiger partial charge < -0.3 is 14.9 Å². The van der Waals surface area contributed by atoms with Gasteiger partial charge in [0.1, 0.15) is 17.1 Å². The van der Waals surface area contributed by atoms with Gasteiger partial charge >= 0.3 is 5.97 Å². The van der Waals surface area contributed by atoms with Crippen molar-refractivity contribution in [2.24, 2.45) is 0 Å². The maximum absolute atomic E-state index is 12.2. The van der Waals surface area contributed by atoms with Crippen LogP contribution in [0.15, 0.2) is 21.6 Å². The molecular weight excluding hydrogens is 429 g/mol. The lowest BCUT2D eigenvalue weighted by molar-refractivity contribution is 0.0725. The van der Waals surface area contributed by atoms with Crippen molar-refractivity contribution in [2.45, 2.75) is 13.8 Å². The van der Waals surface area contributed by atoms with Gasteiger partial charge in [-0.3, -0.25) is 0 Å². The number of allylic oxidation sites excluding steroid dienone is 1. The molecule has 0 saturated carbocycles. The highest BCUT2D eigenvalue weighted by Gasteiger charge is 2.21. The number of esters is 1. The number of rotatable bonds is 4. The minimum Gasteiger partial charge on any atom is -0.507 e. The van der Waals surface area contributed by atoms with E-state index in [-0.39, 0.29) is 28.5 Å². The molecule has 2 aromatic rings. The molecule has 1 aromatic heterocycles. The molecule has 7 heteroatoms. The Kier molecular flexibility index (Phi) is 5.42. The second-order valence-electron chi connectivity index (χ2n) is 4.65. The van der Waals surface area contributed by atoms with E-state index in [2.05, 4.69) is 34.2 Å². The minimum atomic E-state index is -0.798. The molecule has 0 radical (unpaired) electrons. The van der Waals surface area contributed by atoms with Crippen LogP contribution in [-0.4, -0.2) is 21.2 Å². The topological polar surface area (TPSA) is 79.7 Å². The maximum atomic E-state index is 12.2. The molecule has 0 bridgehead atoms. The van der Waals surface area contributed by atoms with Gasteiger partial charge in [0.2, 0.25) is 5.88 Å². The van der Waals surface area contributed by atoms with Crippen molar-refractivity contribution in [2.75, 3.05) is 0 Å². The summed E-state index contributed by atoms with van der Waals surface area (Å²) in [5, 5.41) is 22.8. The molecule has 0 aliphatic heterocycles. The number of halogens is 1. The number of aromatic hydroxyl groups is 2. The SMILES string of the molecule is C=Cc1c(O)c(C(=O)Oc2csc(C)n2)cc(O)c1/C=C(/C)I. The van der Waals surface area contributed by atoms with E-state index in [9.17, 15) is 15.0 Å². The summed E-state index contributed by atoms with van der Waals surface area (Å²) in [7, 11) is 0. The predicted octanol–water partition coefficient (Wildman–Crippen LogP) is 4.52. The first-order valence-electron chi connectivity index (χ1n) is 6.53. The molecule has 1 aromatic carbocycles. The van der Waals surface area contributed by atoms with Crippen molar-refractivity contribution in [3.05, 3.63) is 43.3 Å². The molecule has 2 N–H and O–H groups in total. The molecule has 0 aliphatic rings. The Hall–Kier alpha value is -1.87. The van der Waals surface area contributed by atoms with E-state index in [1.165, 1.54) is 23.5 Å². The summed E-state index contributed by atoms with van der Waals surface area (Å²) in [6.45, 7) is 7.25. The van der Waals surface area contributed by atoms with Crippen molar-refractivity contribution in [1.29, 1.82) is 0 Å². The number of benzene rings is 1. The lowest BCUT2D eigenvalue weighted by Gasteiger charge is -2.12. The summed E-state index contributed by atoms with van der Waals surface area (Å²) >= 11 is 3.42. The molecule has 0 amide bonds. The van der Waals surface area contributed by atoms with Crippen LogP contribution in [0.4, 0.5) is 0 Å². The van der Waals surface area contributed by atoms with Crippen LogP contribution in [0, 0.1) is 6.92 Å². The third-order valence-corrected chi connectivity index (χ3v) is 3.98. The Balaban J connectivity index is 2.47. The number of ether oxygens (including phenoxy) is 1. The Morgan fingerprint density at radius 2 is 2.13 bits per heavy atom. The fourth-order valence-electron chi connectivity index (χ4n) is 1.95. The number of carbonyl (C=O) groups is 1. The number of phenolic OH excluding ortho intramolecular Hbond substituents is 2. The van der Waals surface area contributed by atoms with E-state index in [0.717, 1.165) is 8.59 Å². The van der Waals surface area contributed by atoms with E-state index in [1.807, 2.05) is 6.92 Å². The van der Waals surface area contributed by atoms with Crippen LogP contribution < -0.4 is 4.74 Å². The first kappa shape index (κ1) is 17.5. The molecule has 0 saturated heterocycles. The third kappa shape index (κ3) is 3.91. The van der Waals surface area contributed by atoms with Gasteiger partial charge in [-0.15, -0.1) is 11.3 Å². The molecule has 0 aliphatic carbocycles. The number of aromatic nitrogens is 1. The quantitative estimate of drug-likeness (QED) is 0.413. The van der Waals surface area contributed by atoms with Gasteiger partial charge in [-0.05, 0) is 52.2 Å². The average Bonchev–Trinajstić information content (AvgIpc) is 2.87. The molecule has 5 nitrogen and oxygen atoms in total. The molecule has 0 fully saturated rings. The lowest BCUT2D eigenvalue weighted by Crippen LogP contribution is -2.10. The molecule has 120 valence electrons. The Morgan fingerprint density at radius 1 is 1.43 bits per heavy atom. The summed E-state index contributed by atoms with van der Waals surface area (Å²) < 4.78 is 6.01. The van der Waals surface area contributed by atoms with Crippen molar-refractivity contribution < 1.29 is 19.7 Å². The van der Waals surface area contributed by atoms with Crippen LogP contribution in [0.25, 0.3) is 12.2 Å². The predicted molar refractivity (Wildman–Crippen MR) is 99.3 cm³/mol. The third-order valence-electron chi connectivity index (χ3n) is 2.92. The molecule has 23 heavy (non-hydrogen) atoms. The Labute approximate surface area is 151 Å². The van der Waals surface area contributed by atoms with Crippen molar-refractivity contribution in [1.82, 2.24) is 4.98 Å². The second kappa shape index (κ2) is 7.14. The van der Waals surface area contributed by atoms with Gasteiger partial charge in [-0.2, -0.15) is 0 Å². The fourth-order valence-corrected chi connectivity index (χ4v) is 2.77. The zero-order valence-electron chi connectivity index (χ0n) is 12.5. The van der Waals surface area contributed by atoms with Gasteiger partial charge in [-0.1, -0.05) is 12.7 Å². The lowest BCUT2D eigenvalue weighted by atomic mass is 10.00. The smallest absolute Gasteiger partial charge is 0.348 e. The monoisotopic (exact) mass is 443 g/mol. The van der Waals surface area contributed by atoms with Gasteiger partial charge in [-0.25, -0.2) is 9.78 Å². The second-order valence-corrected chi connectivity index (χ2v) is 7.41. The van der Waals surface area contributed by atoms with Crippen molar-refractivity contribution in [3.63, 3.8) is 0 Å². The van der Waals surface area contributed by atoms with E-state index in [1.54, 1.807) is 18.4 Å². The summed E-state index contributed by atoms with van der Waals surface area (Å²) in [5.41, 5.74) is 0.513. The summed E-state index contributed by atoms with van der Waals surface area (Å²) in [5.74, 6) is -1.08. The molecule has 1 heterocycles. The summed E-state index contributed by atoms with van der Waals surface area (Å²) in [4.78, 5) is 16.2. The highest BCUT2D eigenvalue weighted by molar-refractivity contribution is 14.1. The van der Waals surface area contributed by atoms with Crippen LogP contribution in [0.3, 0.4) is 0 Å². The molecule has 2 rings (SSSR count). The number of phenols is 2. The number of hydrogen-bond donors (Lipinski definition) is 2. The molecular formula is C16H14INO4S. The maximum Gasteiger partial charge on any atom is 0.348 e. The van der Waals surface area contributed by atoms with E-state index in [0.29, 0.717) is 5.56 Å². The van der Waals surface area contributed by atoms with E-state index < -0.39 is 5.97 Å². The minimum absolute atomic E-state index is 0.143. The molecule has 0 atom stereocenters. The number of thiazole rings is 1. The number of nitrogens with zero attached hydrogens (tertiary/aromatic N) is 1. The molecule has 0 spiro atoms. The number of aryl methyl sites for hydroxylation is 1.